The van der Waals surface area contributed by atoms with Gasteiger partial charge in [-0.05, 0) is 12.1 Å². The number of imidazole rings is 1. The number of halogens is 1. The Balaban J connectivity index is 1.98. The van der Waals surface area contributed by atoms with Gasteiger partial charge in [-0.3, -0.25) is 0 Å². The van der Waals surface area contributed by atoms with Crippen LogP contribution in [0.2, 0.25) is 5.02 Å². The first-order valence-corrected chi connectivity index (χ1v) is 8.05. The molecule has 5 nitrogen and oxygen atoms in total. The highest BCUT2D eigenvalue weighted by atomic mass is 35.5. The van der Waals surface area contributed by atoms with Gasteiger partial charge in [0, 0.05) is 20.0 Å². The summed E-state index contributed by atoms with van der Waals surface area (Å²) >= 11 is 6.01. The van der Waals surface area contributed by atoms with Gasteiger partial charge in [0.1, 0.15) is 4.90 Å². The molecule has 0 fully saturated rings. The molecule has 7 heteroatoms. The van der Waals surface area contributed by atoms with Crippen molar-refractivity contribution in [2.75, 3.05) is 6.54 Å². The molecular formula is C13H14ClN3O2S. The maximum atomic E-state index is 12.7. The molecule has 0 saturated carbocycles. The Morgan fingerprint density at radius 1 is 1.30 bits per heavy atom. The van der Waals surface area contributed by atoms with Crippen LogP contribution >= 0.6 is 11.6 Å². The first-order chi connectivity index (χ1) is 9.50. The topological polar surface area (TPSA) is 55.2 Å². The fraction of sp³-hybridized carbons (Fsp3) is 0.308. The zero-order valence-electron chi connectivity index (χ0n) is 11.0. The maximum Gasteiger partial charge on any atom is 0.244 e. The van der Waals surface area contributed by atoms with Crippen LogP contribution in [0.4, 0.5) is 0 Å². The minimum Gasteiger partial charge on any atom is -0.336 e. The van der Waals surface area contributed by atoms with Crippen molar-refractivity contribution in [3.63, 3.8) is 0 Å². The number of hydrogen-bond donors (Lipinski definition) is 0. The Hall–Kier alpha value is -1.37. The lowest BCUT2D eigenvalue weighted by molar-refractivity contribution is 0.380. The maximum absolute atomic E-state index is 12.7. The Labute approximate surface area is 122 Å². The zero-order chi connectivity index (χ0) is 14.3. The van der Waals surface area contributed by atoms with E-state index < -0.39 is 10.0 Å². The first kappa shape index (κ1) is 13.6. The van der Waals surface area contributed by atoms with Gasteiger partial charge in [0.2, 0.25) is 10.0 Å². The summed E-state index contributed by atoms with van der Waals surface area (Å²) in [5.41, 5.74) is 1.91. The van der Waals surface area contributed by atoms with Crippen LogP contribution < -0.4 is 0 Å². The molecular weight excluding hydrogens is 298 g/mol. The normalized spacial score (nSPS) is 16.1. The molecule has 0 spiro atoms. The summed E-state index contributed by atoms with van der Waals surface area (Å²) in [5.74, 6) is 0. The monoisotopic (exact) mass is 311 g/mol. The van der Waals surface area contributed by atoms with Gasteiger partial charge in [0.25, 0.3) is 0 Å². The quantitative estimate of drug-likeness (QED) is 0.850. The lowest BCUT2D eigenvalue weighted by atomic mass is 10.2. The van der Waals surface area contributed by atoms with Gasteiger partial charge in [-0.2, -0.15) is 4.31 Å². The summed E-state index contributed by atoms with van der Waals surface area (Å²) < 4.78 is 28.6. The number of benzene rings is 1. The molecule has 0 saturated heterocycles. The van der Waals surface area contributed by atoms with Crippen molar-refractivity contribution in [3.05, 3.63) is 47.0 Å². The van der Waals surface area contributed by atoms with E-state index in [9.17, 15) is 8.42 Å². The van der Waals surface area contributed by atoms with E-state index in [0.717, 1.165) is 11.4 Å². The van der Waals surface area contributed by atoms with Crippen molar-refractivity contribution in [1.29, 1.82) is 0 Å². The van der Waals surface area contributed by atoms with Gasteiger partial charge in [-0.25, -0.2) is 13.4 Å². The van der Waals surface area contributed by atoms with Crippen LogP contribution in [0.5, 0.6) is 0 Å². The second kappa shape index (κ2) is 4.87. The number of aromatic nitrogens is 2. The highest BCUT2D eigenvalue weighted by Gasteiger charge is 2.31. The van der Waals surface area contributed by atoms with Crippen molar-refractivity contribution in [2.24, 2.45) is 7.05 Å². The number of fused-ring (bicyclic) bond motifs is 1. The van der Waals surface area contributed by atoms with E-state index in [0.29, 0.717) is 19.5 Å². The molecule has 2 aromatic rings. The van der Waals surface area contributed by atoms with Gasteiger partial charge in [-0.15, -0.1) is 0 Å². The highest BCUT2D eigenvalue weighted by Crippen LogP contribution is 2.28. The lowest BCUT2D eigenvalue weighted by Crippen LogP contribution is -2.36. The van der Waals surface area contributed by atoms with Gasteiger partial charge in [-0.1, -0.05) is 23.7 Å². The van der Waals surface area contributed by atoms with Crippen LogP contribution in [-0.4, -0.2) is 28.8 Å². The summed E-state index contributed by atoms with van der Waals surface area (Å²) in [6.45, 7) is 0.761. The van der Waals surface area contributed by atoms with E-state index in [-0.39, 0.29) is 9.92 Å². The lowest BCUT2D eigenvalue weighted by Gasteiger charge is -2.26. The number of sulfonamides is 1. The van der Waals surface area contributed by atoms with Crippen LogP contribution in [0.15, 0.2) is 35.5 Å². The summed E-state index contributed by atoms with van der Waals surface area (Å²) in [7, 11) is -1.70. The van der Waals surface area contributed by atoms with Crippen molar-refractivity contribution < 1.29 is 8.42 Å². The van der Waals surface area contributed by atoms with E-state index in [1.54, 1.807) is 24.5 Å². The van der Waals surface area contributed by atoms with Crippen molar-refractivity contribution in [3.8, 4) is 0 Å². The Bertz CT molecular complexity index is 755. The third-order valence-corrected chi connectivity index (χ3v) is 5.87. The van der Waals surface area contributed by atoms with Crippen molar-refractivity contribution in [1.82, 2.24) is 13.9 Å². The zero-order valence-corrected chi connectivity index (χ0v) is 12.5. The average Bonchev–Trinajstić information content (AvgIpc) is 2.80. The molecule has 3 rings (SSSR count). The molecule has 0 bridgehead atoms. The summed E-state index contributed by atoms with van der Waals surface area (Å²) in [6.07, 6.45) is 2.34. The Morgan fingerprint density at radius 2 is 2.05 bits per heavy atom. The molecule has 1 aromatic carbocycles. The Kier molecular flexibility index (Phi) is 3.32. The van der Waals surface area contributed by atoms with Crippen molar-refractivity contribution in [2.45, 2.75) is 17.9 Å². The molecule has 20 heavy (non-hydrogen) atoms. The number of aryl methyl sites for hydroxylation is 1. The third kappa shape index (κ3) is 2.13. The molecule has 1 aliphatic rings. The minimum absolute atomic E-state index is 0.160. The smallest absolute Gasteiger partial charge is 0.244 e. The molecule has 0 atom stereocenters. The minimum atomic E-state index is -3.57. The second-order valence-electron chi connectivity index (χ2n) is 4.77. The van der Waals surface area contributed by atoms with Gasteiger partial charge in [0.15, 0.2) is 0 Å². The predicted molar refractivity (Wildman–Crippen MR) is 76.0 cm³/mol. The molecule has 0 aliphatic carbocycles. The molecule has 1 aromatic heterocycles. The Morgan fingerprint density at radius 3 is 2.80 bits per heavy atom. The van der Waals surface area contributed by atoms with Crippen LogP contribution in [0, 0.1) is 0 Å². The van der Waals surface area contributed by atoms with Gasteiger partial charge >= 0.3 is 0 Å². The van der Waals surface area contributed by atoms with Crippen LogP contribution in [0.3, 0.4) is 0 Å². The average molecular weight is 312 g/mol. The highest BCUT2D eigenvalue weighted by molar-refractivity contribution is 7.89. The molecule has 0 radical (unpaired) electrons. The van der Waals surface area contributed by atoms with Crippen LogP contribution in [-0.2, 0) is 30.0 Å². The summed E-state index contributed by atoms with van der Waals surface area (Å²) in [5, 5.41) is 0.253. The number of nitrogens with zero attached hydrogens (tertiary/aromatic N) is 3. The fourth-order valence-corrected chi connectivity index (χ4v) is 4.29. The molecule has 0 N–H and O–H groups in total. The molecule has 0 amide bonds. The third-order valence-electron chi connectivity index (χ3n) is 3.52. The summed E-state index contributed by atoms with van der Waals surface area (Å²) in [4.78, 5) is 4.44. The second-order valence-corrected chi connectivity index (χ2v) is 7.08. The van der Waals surface area contributed by atoms with E-state index in [1.807, 2.05) is 11.6 Å². The van der Waals surface area contributed by atoms with E-state index in [1.165, 1.54) is 10.4 Å². The number of hydrogen-bond acceptors (Lipinski definition) is 3. The first-order valence-electron chi connectivity index (χ1n) is 6.24. The van der Waals surface area contributed by atoms with E-state index >= 15 is 0 Å². The molecule has 1 aliphatic heterocycles. The summed E-state index contributed by atoms with van der Waals surface area (Å²) in [6, 6.07) is 6.53. The van der Waals surface area contributed by atoms with Crippen molar-refractivity contribution >= 4 is 21.6 Å². The van der Waals surface area contributed by atoms with Gasteiger partial charge in [0.05, 0.1) is 29.3 Å². The van der Waals surface area contributed by atoms with Crippen LogP contribution in [0.25, 0.3) is 0 Å². The number of rotatable bonds is 2. The molecule has 0 unspecified atom stereocenters. The van der Waals surface area contributed by atoms with Gasteiger partial charge < -0.3 is 4.57 Å². The SMILES string of the molecule is Cn1cnc2c1CN(S(=O)(=O)c1ccccc1Cl)CC2. The van der Waals surface area contributed by atoms with E-state index in [4.69, 9.17) is 11.6 Å². The standard InChI is InChI=1S/C13H14ClN3O2S/c1-16-9-15-11-6-7-17(8-12(11)16)20(18,19)13-5-3-2-4-10(13)14/h2-5,9H,6-8H2,1H3. The fourth-order valence-electron chi connectivity index (χ4n) is 2.39. The van der Waals surface area contributed by atoms with E-state index in [2.05, 4.69) is 4.98 Å². The molecule has 2 heterocycles. The molecule has 106 valence electrons. The van der Waals surface area contributed by atoms with Crippen LogP contribution in [0.1, 0.15) is 11.4 Å². The predicted octanol–water partition coefficient (Wildman–Crippen LogP) is 1.82. The largest absolute Gasteiger partial charge is 0.336 e.